The Morgan fingerprint density at radius 3 is 3.20 bits per heavy atom. The molecule has 0 amide bonds. The van der Waals surface area contributed by atoms with Crippen molar-refractivity contribution in [2.24, 2.45) is 0 Å². The largest absolute Gasteiger partial charge is 0.310 e. The molecule has 0 aromatic carbocycles. The average molecular weight is 136 g/mol. The number of fused-ring (bicyclic) bond motifs is 1. The van der Waals surface area contributed by atoms with Gasteiger partial charge < -0.3 is 4.98 Å². The first-order valence-electron chi connectivity index (χ1n) is 2.75. The van der Waals surface area contributed by atoms with Gasteiger partial charge in [-0.3, -0.25) is 4.79 Å². The van der Waals surface area contributed by atoms with Crippen molar-refractivity contribution in [3.8, 4) is 0 Å². The molecule has 0 saturated heterocycles. The molecule has 0 fully saturated rings. The van der Waals surface area contributed by atoms with Crippen LogP contribution in [0.4, 0.5) is 0 Å². The van der Waals surface area contributed by atoms with Gasteiger partial charge in [0.05, 0.1) is 6.20 Å². The SMILES string of the molecule is O=c1[nH]cnn2nccc12. The summed E-state index contributed by atoms with van der Waals surface area (Å²) in [4.78, 5) is 13.3. The van der Waals surface area contributed by atoms with Crippen molar-refractivity contribution in [3.05, 3.63) is 28.9 Å². The van der Waals surface area contributed by atoms with Crippen molar-refractivity contribution < 1.29 is 0 Å². The van der Waals surface area contributed by atoms with E-state index in [0.29, 0.717) is 5.52 Å². The maximum atomic E-state index is 10.9. The highest BCUT2D eigenvalue weighted by Crippen LogP contribution is 1.86. The van der Waals surface area contributed by atoms with Crippen molar-refractivity contribution in [2.45, 2.75) is 0 Å². The molecule has 5 heteroatoms. The minimum atomic E-state index is -0.174. The third kappa shape index (κ3) is 0.540. The summed E-state index contributed by atoms with van der Waals surface area (Å²) in [6.07, 6.45) is 2.83. The third-order valence-electron chi connectivity index (χ3n) is 1.22. The number of H-pyrrole nitrogens is 1. The zero-order valence-electron chi connectivity index (χ0n) is 4.98. The van der Waals surface area contributed by atoms with E-state index in [2.05, 4.69) is 15.2 Å². The highest BCUT2D eigenvalue weighted by Gasteiger charge is 1.95. The molecule has 0 aliphatic carbocycles. The molecule has 50 valence electrons. The Hall–Kier alpha value is -1.65. The number of aromatic nitrogens is 4. The van der Waals surface area contributed by atoms with Crippen LogP contribution < -0.4 is 5.56 Å². The minimum absolute atomic E-state index is 0.174. The van der Waals surface area contributed by atoms with Crippen molar-refractivity contribution in [1.82, 2.24) is 19.8 Å². The molecule has 2 heterocycles. The highest BCUT2D eigenvalue weighted by atomic mass is 16.1. The van der Waals surface area contributed by atoms with Gasteiger partial charge in [-0.15, -0.1) is 9.73 Å². The molecule has 0 aliphatic rings. The van der Waals surface area contributed by atoms with Gasteiger partial charge in [0.15, 0.2) is 5.52 Å². The van der Waals surface area contributed by atoms with Crippen LogP contribution in [-0.4, -0.2) is 19.8 Å². The molecular weight excluding hydrogens is 132 g/mol. The summed E-state index contributed by atoms with van der Waals surface area (Å²) >= 11 is 0. The van der Waals surface area contributed by atoms with Gasteiger partial charge in [0.25, 0.3) is 5.56 Å². The molecule has 0 unspecified atom stereocenters. The van der Waals surface area contributed by atoms with Crippen molar-refractivity contribution >= 4 is 5.52 Å². The fourth-order valence-electron chi connectivity index (χ4n) is 0.771. The highest BCUT2D eigenvalue weighted by molar-refractivity contribution is 5.40. The van der Waals surface area contributed by atoms with Gasteiger partial charge >= 0.3 is 0 Å². The molecule has 2 rings (SSSR count). The molecule has 0 atom stereocenters. The summed E-state index contributed by atoms with van der Waals surface area (Å²) < 4.78 is 1.28. The minimum Gasteiger partial charge on any atom is -0.310 e. The van der Waals surface area contributed by atoms with E-state index in [0.717, 1.165) is 0 Å². The Morgan fingerprint density at radius 2 is 2.40 bits per heavy atom. The number of hydrogen-bond acceptors (Lipinski definition) is 3. The maximum Gasteiger partial charge on any atom is 0.276 e. The lowest BCUT2D eigenvalue weighted by Gasteiger charge is -1.85. The number of aromatic amines is 1. The molecular formula is C5H4N4O. The summed E-state index contributed by atoms with van der Waals surface area (Å²) in [6.45, 7) is 0. The Morgan fingerprint density at radius 1 is 1.50 bits per heavy atom. The molecule has 0 saturated carbocycles. The number of nitrogens with one attached hydrogen (secondary N) is 1. The zero-order chi connectivity index (χ0) is 6.97. The van der Waals surface area contributed by atoms with Gasteiger partial charge in [0.2, 0.25) is 0 Å². The van der Waals surface area contributed by atoms with Gasteiger partial charge in [-0.25, -0.2) is 0 Å². The van der Waals surface area contributed by atoms with Crippen LogP contribution in [-0.2, 0) is 0 Å². The normalized spacial score (nSPS) is 10.4. The second kappa shape index (κ2) is 1.66. The van der Waals surface area contributed by atoms with Crippen LogP contribution >= 0.6 is 0 Å². The van der Waals surface area contributed by atoms with Crippen LogP contribution in [0.2, 0.25) is 0 Å². The topological polar surface area (TPSA) is 63.0 Å². The van der Waals surface area contributed by atoms with Crippen LogP contribution in [0.15, 0.2) is 23.4 Å². The average Bonchev–Trinajstić information content (AvgIpc) is 2.36. The second-order valence-corrected chi connectivity index (χ2v) is 1.82. The van der Waals surface area contributed by atoms with Gasteiger partial charge in [-0.05, 0) is 6.07 Å². The fourth-order valence-corrected chi connectivity index (χ4v) is 0.771. The van der Waals surface area contributed by atoms with Crippen LogP contribution in [0.5, 0.6) is 0 Å². The van der Waals surface area contributed by atoms with Crippen LogP contribution in [0.3, 0.4) is 0 Å². The van der Waals surface area contributed by atoms with Crippen molar-refractivity contribution in [1.29, 1.82) is 0 Å². The van der Waals surface area contributed by atoms with Crippen molar-refractivity contribution in [2.75, 3.05) is 0 Å². The van der Waals surface area contributed by atoms with E-state index >= 15 is 0 Å². The number of nitrogens with zero attached hydrogens (tertiary/aromatic N) is 3. The predicted molar refractivity (Wildman–Crippen MR) is 33.6 cm³/mol. The smallest absolute Gasteiger partial charge is 0.276 e. The lowest BCUT2D eigenvalue weighted by molar-refractivity contribution is 0.773. The first-order chi connectivity index (χ1) is 4.88. The predicted octanol–water partition coefficient (Wildman–Crippen LogP) is -0.582. The molecule has 1 N–H and O–H groups in total. The van der Waals surface area contributed by atoms with E-state index in [1.165, 1.54) is 17.2 Å². The van der Waals surface area contributed by atoms with Crippen LogP contribution in [0.25, 0.3) is 5.52 Å². The lowest BCUT2D eigenvalue weighted by Crippen LogP contribution is -2.10. The van der Waals surface area contributed by atoms with Crippen LogP contribution in [0, 0.1) is 0 Å². The first-order valence-corrected chi connectivity index (χ1v) is 2.75. The van der Waals surface area contributed by atoms with Crippen LogP contribution in [0.1, 0.15) is 0 Å². The third-order valence-corrected chi connectivity index (χ3v) is 1.22. The molecule has 10 heavy (non-hydrogen) atoms. The van der Waals surface area contributed by atoms with E-state index in [4.69, 9.17) is 0 Å². The monoisotopic (exact) mass is 136 g/mol. The second-order valence-electron chi connectivity index (χ2n) is 1.82. The molecule has 0 bridgehead atoms. The Labute approximate surface area is 55.3 Å². The lowest BCUT2D eigenvalue weighted by atomic mass is 10.5. The van der Waals surface area contributed by atoms with E-state index < -0.39 is 0 Å². The quantitative estimate of drug-likeness (QED) is 0.526. The summed E-state index contributed by atoms with van der Waals surface area (Å²) in [5.74, 6) is 0. The molecule has 2 aromatic rings. The number of rotatable bonds is 0. The van der Waals surface area contributed by atoms with Gasteiger partial charge in [0, 0.05) is 0 Å². The van der Waals surface area contributed by atoms with E-state index in [-0.39, 0.29) is 5.56 Å². The fraction of sp³-hybridized carbons (Fsp3) is 0. The molecule has 2 aromatic heterocycles. The van der Waals surface area contributed by atoms with Gasteiger partial charge in [0.1, 0.15) is 6.33 Å². The molecule has 5 nitrogen and oxygen atoms in total. The van der Waals surface area contributed by atoms with Gasteiger partial charge in [-0.2, -0.15) is 5.10 Å². The Kier molecular flexibility index (Phi) is 0.858. The summed E-state index contributed by atoms with van der Waals surface area (Å²) in [6, 6.07) is 1.60. The van der Waals surface area contributed by atoms with E-state index in [9.17, 15) is 4.79 Å². The summed E-state index contributed by atoms with van der Waals surface area (Å²) in [5, 5.41) is 7.52. The summed E-state index contributed by atoms with van der Waals surface area (Å²) in [5.41, 5.74) is 0.287. The summed E-state index contributed by atoms with van der Waals surface area (Å²) in [7, 11) is 0. The molecule has 0 spiro atoms. The Balaban J connectivity index is 3.09. The molecule has 0 radical (unpaired) electrons. The number of hydrogen-bond donors (Lipinski definition) is 1. The van der Waals surface area contributed by atoms with E-state index in [1.54, 1.807) is 6.07 Å². The zero-order valence-corrected chi connectivity index (χ0v) is 4.98. The van der Waals surface area contributed by atoms with E-state index in [1.807, 2.05) is 0 Å². The standard InChI is InChI=1S/C5H4N4O/c10-5-4-1-2-7-9(4)8-3-6-5/h1-3H,(H,6,8,10). The Bertz CT molecular complexity index is 401. The first kappa shape index (κ1) is 5.16. The van der Waals surface area contributed by atoms with Crippen molar-refractivity contribution in [3.63, 3.8) is 0 Å². The maximum absolute atomic E-state index is 10.9. The van der Waals surface area contributed by atoms with Gasteiger partial charge in [-0.1, -0.05) is 0 Å². The molecule has 0 aliphatic heterocycles.